The highest BCUT2D eigenvalue weighted by Crippen LogP contribution is 2.34. The Labute approximate surface area is 149 Å². The van der Waals surface area contributed by atoms with Crippen LogP contribution in [0.25, 0.3) is 0 Å². The molecule has 138 valence electrons. The molecule has 1 aromatic heterocycles. The maximum atomic E-state index is 12.8. The van der Waals surface area contributed by atoms with Crippen LogP contribution in [0, 0.1) is 18.8 Å². The van der Waals surface area contributed by atoms with Crippen LogP contribution in [0.4, 0.5) is 0 Å². The molecule has 1 amide bonds. The molecule has 1 aromatic rings. The van der Waals surface area contributed by atoms with Gasteiger partial charge in [0, 0.05) is 32.4 Å². The summed E-state index contributed by atoms with van der Waals surface area (Å²) in [7, 11) is -3.26. The molecule has 2 atom stereocenters. The summed E-state index contributed by atoms with van der Waals surface area (Å²) in [5.74, 6) is 0.255. The molecular formula is C17H26N4O3S. The maximum absolute atomic E-state index is 12.8. The molecule has 0 N–H and O–H groups in total. The zero-order valence-corrected chi connectivity index (χ0v) is 15.9. The van der Waals surface area contributed by atoms with Crippen LogP contribution in [-0.4, -0.2) is 64.9 Å². The van der Waals surface area contributed by atoms with Crippen LogP contribution in [0.15, 0.2) is 12.4 Å². The Morgan fingerprint density at radius 1 is 1.24 bits per heavy atom. The number of carbonyl (C=O) groups is 1. The fraction of sp³-hybridized carbons (Fsp3) is 0.706. The fourth-order valence-electron chi connectivity index (χ4n) is 3.75. The Hall–Kier alpha value is -1.54. The number of amides is 1. The summed E-state index contributed by atoms with van der Waals surface area (Å²) >= 11 is 0. The van der Waals surface area contributed by atoms with E-state index in [1.54, 1.807) is 15.4 Å². The standard InChI is InChI=1S/C17H26N4O3S/c1-12(2)10-21-11-14-4-6-20(7-5-16(14)25(21,23)24)17(22)15-9-18-13(3)8-19-15/h8-9,12,14,16H,4-7,10-11H2,1-3H3/t14-,16-/m1/s1. The van der Waals surface area contributed by atoms with Crippen LogP contribution in [0.3, 0.4) is 0 Å². The predicted molar refractivity (Wildman–Crippen MR) is 94.5 cm³/mol. The lowest BCUT2D eigenvalue weighted by Crippen LogP contribution is -2.36. The van der Waals surface area contributed by atoms with Gasteiger partial charge in [0.1, 0.15) is 5.69 Å². The number of rotatable bonds is 3. The number of aryl methyl sites for hydroxylation is 1. The molecule has 2 aliphatic rings. The third-order valence-electron chi connectivity index (χ3n) is 5.02. The molecule has 0 bridgehead atoms. The molecule has 0 unspecified atom stereocenters. The number of sulfonamides is 1. The normalized spacial score (nSPS) is 26.5. The van der Waals surface area contributed by atoms with E-state index in [2.05, 4.69) is 9.97 Å². The highest BCUT2D eigenvalue weighted by molar-refractivity contribution is 7.90. The van der Waals surface area contributed by atoms with Crippen molar-refractivity contribution in [2.45, 2.75) is 38.9 Å². The summed E-state index contributed by atoms with van der Waals surface area (Å²) in [6.07, 6.45) is 4.27. The number of aromatic nitrogens is 2. The number of fused-ring (bicyclic) bond motifs is 1. The summed E-state index contributed by atoms with van der Waals surface area (Å²) in [4.78, 5) is 22.6. The van der Waals surface area contributed by atoms with Crippen molar-refractivity contribution in [3.05, 3.63) is 23.8 Å². The lowest BCUT2D eigenvalue weighted by atomic mass is 10.0. The van der Waals surface area contributed by atoms with Crippen LogP contribution in [0.2, 0.25) is 0 Å². The van der Waals surface area contributed by atoms with E-state index in [1.165, 1.54) is 6.20 Å². The summed E-state index contributed by atoms with van der Waals surface area (Å²) in [6, 6.07) is 0. The fourth-order valence-corrected chi connectivity index (χ4v) is 6.15. The maximum Gasteiger partial charge on any atom is 0.274 e. The van der Waals surface area contributed by atoms with Crippen molar-refractivity contribution in [1.29, 1.82) is 0 Å². The number of likely N-dealkylation sites (tertiary alicyclic amines) is 1. The van der Waals surface area contributed by atoms with Crippen LogP contribution in [-0.2, 0) is 10.0 Å². The molecule has 7 nitrogen and oxygen atoms in total. The van der Waals surface area contributed by atoms with Crippen LogP contribution in [0.1, 0.15) is 42.9 Å². The lowest BCUT2D eigenvalue weighted by Gasteiger charge is -2.22. The van der Waals surface area contributed by atoms with Gasteiger partial charge in [0.05, 0.1) is 17.1 Å². The highest BCUT2D eigenvalue weighted by atomic mass is 32.2. The highest BCUT2D eigenvalue weighted by Gasteiger charge is 2.47. The van der Waals surface area contributed by atoms with Gasteiger partial charge in [-0.15, -0.1) is 0 Å². The molecule has 25 heavy (non-hydrogen) atoms. The lowest BCUT2D eigenvalue weighted by molar-refractivity contribution is 0.0752. The molecule has 2 saturated heterocycles. The molecule has 0 saturated carbocycles. The topological polar surface area (TPSA) is 83.5 Å². The predicted octanol–water partition coefficient (Wildman–Crippen LogP) is 1.31. The van der Waals surface area contributed by atoms with Crippen LogP contribution < -0.4 is 0 Å². The average molecular weight is 366 g/mol. The Bertz CT molecular complexity index is 733. The first-order valence-electron chi connectivity index (χ1n) is 8.86. The average Bonchev–Trinajstić information content (AvgIpc) is 2.70. The first-order chi connectivity index (χ1) is 11.8. The molecule has 0 radical (unpaired) electrons. The molecule has 0 aromatic carbocycles. The van der Waals surface area contributed by atoms with E-state index in [0.29, 0.717) is 50.6 Å². The van der Waals surface area contributed by atoms with Gasteiger partial charge in [0.15, 0.2) is 0 Å². The first kappa shape index (κ1) is 18.3. The molecule has 0 spiro atoms. The van der Waals surface area contributed by atoms with Gasteiger partial charge in [-0.05, 0) is 31.6 Å². The van der Waals surface area contributed by atoms with Gasteiger partial charge in [-0.3, -0.25) is 9.78 Å². The van der Waals surface area contributed by atoms with Crippen molar-refractivity contribution in [2.24, 2.45) is 11.8 Å². The molecule has 8 heteroatoms. The van der Waals surface area contributed by atoms with Gasteiger partial charge < -0.3 is 4.90 Å². The second-order valence-corrected chi connectivity index (χ2v) is 9.62. The smallest absolute Gasteiger partial charge is 0.274 e. The van der Waals surface area contributed by atoms with Crippen molar-refractivity contribution in [3.8, 4) is 0 Å². The minimum atomic E-state index is -3.26. The minimum Gasteiger partial charge on any atom is -0.337 e. The van der Waals surface area contributed by atoms with Gasteiger partial charge in [-0.25, -0.2) is 17.7 Å². The molecule has 2 fully saturated rings. The van der Waals surface area contributed by atoms with E-state index < -0.39 is 10.0 Å². The van der Waals surface area contributed by atoms with Gasteiger partial charge in [-0.2, -0.15) is 0 Å². The molecule has 0 aliphatic carbocycles. The SMILES string of the molecule is Cc1cnc(C(=O)N2CC[C@@H]3CN(CC(C)C)S(=O)(=O)[C@@H]3CC2)cn1. The van der Waals surface area contributed by atoms with E-state index in [1.807, 2.05) is 20.8 Å². The molecule has 3 rings (SSSR count). The number of hydrogen-bond donors (Lipinski definition) is 0. The van der Waals surface area contributed by atoms with Crippen LogP contribution >= 0.6 is 0 Å². The van der Waals surface area contributed by atoms with Gasteiger partial charge in [-0.1, -0.05) is 13.8 Å². The molecule has 3 heterocycles. The van der Waals surface area contributed by atoms with Gasteiger partial charge >= 0.3 is 0 Å². The monoisotopic (exact) mass is 366 g/mol. The second kappa shape index (κ2) is 6.99. The molecular weight excluding hydrogens is 340 g/mol. The van der Waals surface area contributed by atoms with Gasteiger partial charge in [0.25, 0.3) is 5.91 Å². The Morgan fingerprint density at radius 2 is 1.96 bits per heavy atom. The van der Waals surface area contributed by atoms with E-state index in [0.717, 1.165) is 5.69 Å². The Balaban J connectivity index is 1.71. The number of hydrogen-bond acceptors (Lipinski definition) is 5. The number of nitrogens with zero attached hydrogens (tertiary/aromatic N) is 4. The zero-order valence-electron chi connectivity index (χ0n) is 15.1. The van der Waals surface area contributed by atoms with Crippen molar-refractivity contribution in [2.75, 3.05) is 26.2 Å². The van der Waals surface area contributed by atoms with E-state index in [-0.39, 0.29) is 17.1 Å². The largest absolute Gasteiger partial charge is 0.337 e. The van der Waals surface area contributed by atoms with Gasteiger partial charge in [0.2, 0.25) is 10.0 Å². The van der Waals surface area contributed by atoms with Crippen molar-refractivity contribution in [1.82, 2.24) is 19.2 Å². The quantitative estimate of drug-likeness (QED) is 0.805. The van der Waals surface area contributed by atoms with Crippen molar-refractivity contribution < 1.29 is 13.2 Å². The Kier molecular flexibility index (Phi) is 5.11. The summed E-state index contributed by atoms with van der Waals surface area (Å²) in [5.41, 5.74) is 1.08. The molecule has 2 aliphatic heterocycles. The Morgan fingerprint density at radius 3 is 2.60 bits per heavy atom. The summed E-state index contributed by atoms with van der Waals surface area (Å²) in [6.45, 7) is 8.07. The zero-order chi connectivity index (χ0) is 18.2. The van der Waals surface area contributed by atoms with E-state index in [9.17, 15) is 13.2 Å². The first-order valence-corrected chi connectivity index (χ1v) is 10.4. The summed E-state index contributed by atoms with van der Waals surface area (Å²) in [5, 5.41) is -0.367. The minimum absolute atomic E-state index is 0.102. The third kappa shape index (κ3) is 3.69. The van der Waals surface area contributed by atoms with E-state index >= 15 is 0 Å². The third-order valence-corrected chi connectivity index (χ3v) is 7.42. The number of carbonyl (C=O) groups excluding carboxylic acids is 1. The van der Waals surface area contributed by atoms with E-state index in [4.69, 9.17) is 0 Å². The summed E-state index contributed by atoms with van der Waals surface area (Å²) < 4.78 is 27.2. The van der Waals surface area contributed by atoms with Crippen molar-refractivity contribution in [3.63, 3.8) is 0 Å². The van der Waals surface area contributed by atoms with Crippen molar-refractivity contribution >= 4 is 15.9 Å². The van der Waals surface area contributed by atoms with Crippen LogP contribution in [0.5, 0.6) is 0 Å². The second-order valence-electron chi connectivity index (χ2n) is 7.47.